The minimum atomic E-state index is -4.83. The third-order valence-corrected chi connectivity index (χ3v) is 1.00. The van der Waals surface area contributed by atoms with Crippen molar-refractivity contribution in [2.45, 2.75) is 12.6 Å². The van der Waals surface area contributed by atoms with Gasteiger partial charge in [0, 0.05) is 12.1 Å². The minimum absolute atomic E-state index is 0.564. The standard InChI is InChI=1S/C2H2F6N2S/c3-1(4,5)9-11-10-2(6,7)8/h9-10H. The van der Waals surface area contributed by atoms with Crippen LogP contribution >= 0.6 is 12.1 Å². The van der Waals surface area contributed by atoms with E-state index in [4.69, 9.17) is 0 Å². The van der Waals surface area contributed by atoms with Crippen LogP contribution in [0.2, 0.25) is 0 Å². The predicted octanol–water partition coefficient (Wildman–Crippen LogP) is 1.77. The van der Waals surface area contributed by atoms with Gasteiger partial charge in [-0.1, -0.05) is 0 Å². The maximum atomic E-state index is 11.1. The zero-order chi connectivity index (χ0) is 9.12. The first-order chi connectivity index (χ1) is 4.71. The highest BCUT2D eigenvalue weighted by Crippen LogP contribution is 2.17. The fraction of sp³-hybridized carbons (Fsp3) is 1.00. The molecular weight excluding hydrogens is 198 g/mol. The van der Waals surface area contributed by atoms with Crippen molar-refractivity contribution in [1.29, 1.82) is 0 Å². The van der Waals surface area contributed by atoms with Gasteiger partial charge in [0.2, 0.25) is 0 Å². The highest BCUT2D eigenvalue weighted by atomic mass is 32.2. The van der Waals surface area contributed by atoms with Gasteiger partial charge in [-0.15, -0.1) is 0 Å². The van der Waals surface area contributed by atoms with E-state index in [-0.39, 0.29) is 0 Å². The number of nitrogens with one attached hydrogen (secondary N) is 2. The lowest BCUT2D eigenvalue weighted by molar-refractivity contribution is -0.143. The molecule has 0 spiro atoms. The van der Waals surface area contributed by atoms with Crippen LogP contribution in [0.15, 0.2) is 0 Å². The van der Waals surface area contributed by atoms with Gasteiger partial charge in [-0.2, -0.15) is 35.8 Å². The van der Waals surface area contributed by atoms with E-state index in [1.165, 1.54) is 0 Å². The van der Waals surface area contributed by atoms with Crippen LogP contribution in [0.4, 0.5) is 26.3 Å². The fourth-order valence-corrected chi connectivity index (χ4v) is 0.424. The average molecular weight is 200 g/mol. The molecule has 11 heavy (non-hydrogen) atoms. The minimum Gasteiger partial charge on any atom is -0.158 e. The molecule has 0 rings (SSSR count). The summed E-state index contributed by atoms with van der Waals surface area (Å²) < 4.78 is 67.7. The smallest absolute Gasteiger partial charge is 0.158 e. The molecule has 0 amide bonds. The summed E-state index contributed by atoms with van der Waals surface area (Å²) in [6, 6.07) is 0. The van der Waals surface area contributed by atoms with Gasteiger partial charge in [0.25, 0.3) is 0 Å². The zero-order valence-corrected chi connectivity index (χ0v) is 5.49. The van der Waals surface area contributed by atoms with Crippen LogP contribution < -0.4 is 9.44 Å². The van der Waals surface area contributed by atoms with Crippen molar-refractivity contribution in [2.75, 3.05) is 0 Å². The molecule has 0 saturated carbocycles. The van der Waals surface area contributed by atoms with Crippen molar-refractivity contribution < 1.29 is 26.3 Å². The fourth-order valence-electron chi connectivity index (χ4n) is 0.141. The first-order valence-electron chi connectivity index (χ1n) is 2.04. The highest BCUT2D eigenvalue weighted by Gasteiger charge is 2.32. The van der Waals surface area contributed by atoms with Crippen LogP contribution in [0.25, 0.3) is 0 Å². The molecule has 0 aromatic rings. The van der Waals surface area contributed by atoms with Crippen molar-refractivity contribution in [3.05, 3.63) is 0 Å². The maximum Gasteiger partial charge on any atom is 0.467 e. The molecule has 0 bridgehead atoms. The Morgan fingerprint density at radius 1 is 0.727 bits per heavy atom. The van der Waals surface area contributed by atoms with Crippen molar-refractivity contribution in [3.63, 3.8) is 0 Å². The lowest BCUT2D eigenvalue weighted by atomic mass is 11.2. The third kappa shape index (κ3) is 9.85. The van der Waals surface area contributed by atoms with E-state index >= 15 is 0 Å². The van der Waals surface area contributed by atoms with Gasteiger partial charge >= 0.3 is 12.6 Å². The van der Waals surface area contributed by atoms with Crippen molar-refractivity contribution in [2.24, 2.45) is 0 Å². The Balaban J connectivity index is 3.44. The number of halogens is 6. The van der Waals surface area contributed by atoms with Crippen molar-refractivity contribution in [3.8, 4) is 0 Å². The molecule has 0 aromatic heterocycles. The molecule has 2 N–H and O–H groups in total. The summed E-state index contributed by atoms with van der Waals surface area (Å²) in [6.45, 7) is 0. The van der Waals surface area contributed by atoms with Gasteiger partial charge in [-0.05, 0) is 0 Å². The molecule has 0 aliphatic carbocycles. The Bertz CT molecular complexity index is 103. The molecule has 0 aliphatic heterocycles. The summed E-state index contributed by atoms with van der Waals surface area (Å²) in [4.78, 5) is 0. The predicted molar refractivity (Wildman–Crippen MR) is 26.0 cm³/mol. The Hall–Kier alpha value is -0.150. The topological polar surface area (TPSA) is 24.1 Å². The van der Waals surface area contributed by atoms with E-state index in [1.54, 1.807) is 0 Å². The monoisotopic (exact) mass is 200 g/mol. The van der Waals surface area contributed by atoms with E-state index in [0.29, 0.717) is 9.44 Å². The zero-order valence-electron chi connectivity index (χ0n) is 4.68. The molecule has 0 aromatic carbocycles. The van der Waals surface area contributed by atoms with Crippen LogP contribution in [0, 0.1) is 0 Å². The highest BCUT2D eigenvalue weighted by molar-refractivity contribution is 7.95. The second-order valence-corrected chi connectivity index (χ2v) is 1.91. The van der Waals surface area contributed by atoms with Gasteiger partial charge in [-0.3, -0.25) is 0 Å². The van der Waals surface area contributed by atoms with Crippen LogP contribution in [0.1, 0.15) is 0 Å². The number of hydrogen-bond acceptors (Lipinski definition) is 3. The van der Waals surface area contributed by atoms with E-state index in [9.17, 15) is 26.3 Å². The van der Waals surface area contributed by atoms with Crippen LogP contribution in [-0.4, -0.2) is 12.6 Å². The van der Waals surface area contributed by atoms with Crippen molar-refractivity contribution >= 4 is 12.1 Å². The largest absolute Gasteiger partial charge is 0.467 e. The molecule has 0 heterocycles. The lowest BCUT2D eigenvalue weighted by Gasteiger charge is -2.09. The molecule has 2 nitrogen and oxygen atoms in total. The summed E-state index contributed by atoms with van der Waals surface area (Å²) in [6.07, 6.45) is -9.66. The Morgan fingerprint density at radius 3 is 1.18 bits per heavy atom. The third-order valence-electron chi connectivity index (χ3n) is 0.334. The summed E-state index contributed by atoms with van der Waals surface area (Å²) >= 11 is -0.683. The van der Waals surface area contributed by atoms with Gasteiger partial charge < -0.3 is 0 Å². The molecule has 68 valence electrons. The summed E-state index contributed by atoms with van der Waals surface area (Å²) in [5.74, 6) is 0. The number of hydrogen-bond donors (Lipinski definition) is 2. The molecule has 0 aliphatic rings. The molecule has 0 saturated heterocycles. The van der Waals surface area contributed by atoms with Crippen LogP contribution in [-0.2, 0) is 0 Å². The molecule has 0 atom stereocenters. The Morgan fingerprint density at radius 2 is 1.00 bits per heavy atom. The van der Waals surface area contributed by atoms with E-state index in [0.717, 1.165) is 0 Å². The van der Waals surface area contributed by atoms with Gasteiger partial charge in [0.05, 0.1) is 0 Å². The SMILES string of the molecule is FC(F)(F)NSNC(F)(F)F. The van der Waals surface area contributed by atoms with Gasteiger partial charge in [0.1, 0.15) is 0 Å². The second kappa shape index (κ2) is 3.50. The average Bonchev–Trinajstić information content (AvgIpc) is 1.55. The van der Waals surface area contributed by atoms with Crippen LogP contribution in [0.3, 0.4) is 0 Å². The second-order valence-electron chi connectivity index (χ2n) is 1.30. The first-order valence-corrected chi connectivity index (χ1v) is 2.86. The van der Waals surface area contributed by atoms with E-state index in [1.807, 2.05) is 0 Å². The summed E-state index contributed by atoms with van der Waals surface area (Å²) in [7, 11) is 0. The Kier molecular flexibility index (Phi) is 3.45. The Labute approximate surface area is 61.6 Å². The summed E-state index contributed by atoms with van der Waals surface area (Å²) in [5.41, 5.74) is 0. The normalized spacial score (nSPS) is 13.6. The molecule has 9 heteroatoms. The van der Waals surface area contributed by atoms with E-state index < -0.39 is 24.7 Å². The summed E-state index contributed by atoms with van der Waals surface area (Å²) in [5, 5.41) is 0. The molecule has 0 fully saturated rings. The number of rotatable bonds is 2. The first kappa shape index (κ1) is 10.8. The van der Waals surface area contributed by atoms with E-state index in [2.05, 4.69) is 0 Å². The molecule has 0 radical (unpaired) electrons. The molecule has 0 unspecified atom stereocenters. The molecular formula is C2H2F6N2S. The maximum absolute atomic E-state index is 11.1. The van der Waals surface area contributed by atoms with Gasteiger partial charge in [0.15, 0.2) is 0 Å². The van der Waals surface area contributed by atoms with Gasteiger partial charge in [-0.25, -0.2) is 0 Å². The van der Waals surface area contributed by atoms with Crippen molar-refractivity contribution in [1.82, 2.24) is 9.44 Å². The quantitative estimate of drug-likeness (QED) is 0.403. The lowest BCUT2D eigenvalue weighted by Crippen LogP contribution is -2.34. The number of alkyl halides is 6. The van der Waals surface area contributed by atoms with Crippen LogP contribution in [0.5, 0.6) is 0 Å².